The summed E-state index contributed by atoms with van der Waals surface area (Å²) < 4.78 is 0. The van der Waals surface area contributed by atoms with Crippen LogP contribution in [0.1, 0.15) is 31.2 Å². The van der Waals surface area contributed by atoms with E-state index in [1.807, 2.05) is 11.0 Å². The number of aliphatic carboxylic acids is 1. The average Bonchev–Trinajstić information content (AvgIpc) is 2.73. The number of carboxylic acids is 1. The second-order valence-corrected chi connectivity index (χ2v) is 7.77. The van der Waals surface area contributed by atoms with E-state index in [0.717, 1.165) is 32.4 Å². The zero-order valence-corrected chi connectivity index (χ0v) is 16.2. The molecule has 1 aromatic carbocycles. The van der Waals surface area contributed by atoms with Crippen molar-refractivity contribution in [3.8, 4) is 0 Å². The Kier molecular flexibility index (Phi) is 6.90. The summed E-state index contributed by atoms with van der Waals surface area (Å²) in [6.45, 7) is 2.30. The highest BCUT2D eigenvalue weighted by Crippen LogP contribution is 2.21. The number of urea groups is 1. The Hall–Kier alpha value is -2.57. The summed E-state index contributed by atoms with van der Waals surface area (Å²) in [5.74, 6) is -0.628. The molecule has 2 aliphatic heterocycles. The third-order valence-electron chi connectivity index (χ3n) is 5.86. The van der Waals surface area contributed by atoms with Gasteiger partial charge in [-0.15, -0.1) is 0 Å². The van der Waals surface area contributed by atoms with Gasteiger partial charge in [-0.2, -0.15) is 0 Å². The Bertz CT molecular complexity index is 678. The molecule has 0 radical (unpaired) electrons. The SMILES string of the molecule is O=C(O)C1CCN(C(=O)NCC(=O)N2CCC(Cc3ccccc3)CC2)CC1. The summed E-state index contributed by atoms with van der Waals surface area (Å²) in [4.78, 5) is 39.0. The molecule has 0 bridgehead atoms. The molecule has 0 atom stereocenters. The van der Waals surface area contributed by atoms with E-state index in [4.69, 9.17) is 5.11 Å². The lowest BCUT2D eigenvalue weighted by Gasteiger charge is -2.33. The number of carbonyl (C=O) groups excluding carboxylic acids is 2. The number of nitrogens with zero attached hydrogens (tertiary/aromatic N) is 2. The summed E-state index contributed by atoms with van der Waals surface area (Å²) >= 11 is 0. The van der Waals surface area contributed by atoms with Gasteiger partial charge in [-0.05, 0) is 43.6 Å². The Morgan fingerprint density at radius 2 is 1.54 bits per heavy atom. The van der Waals surface area contributed by atoms with E-state index >= 15 is 0 Å². The van der Waals surface area contributed by atoms with Gasteiger partial charge in [0.05, 0.1) is 12.5 Å². The van der Waals surface area contributed by atoms with Crippen molar-refractivity contribution in [3.05, 3.63) is 35.9 Å². The molecule has 2 saturated heterocycles. The molecule has 0 aromatic heterocycles. The largest absolute Gasteiger partial charge is 0.481 e. The van der Waals surface area contributed by atoms with Gasteiger partial charge >= 0.3 is 12.0 Å². The van der Waals surface area contributed by atoms with Crippen molar-refractivity contribution in [1.82, 2.24) is 15.1 Å². The van der Waals surface area contributed by atoms with E-state index in [-0.39, 0.29) is 24.4 Å². The zero-order chi connectivity index (χ0) is 19.9. The third-order valence-corrected chi connectivity index (χ3v) is 5.86. The lowest BCUT2D eigenvalue weighted by atomic mass is 9.90. The van der Waals surface area contributed by atoms with E-state index in [9.17, 15) is 14.4 Å². The molecule has 0 unspecified atom stereocenters. The molecule has 3 amide bonds. The van der Waals surface area contributed by atoms with Crippen molar-refractivity contribution in [3.63, 3.8) is 0 Å². The van der Waals surface area contributed by atoms with Gasteiger partial charge in [-0.25, -0.2) is 4.79 Å². The molecule has 28 heavy (non-hydrogen) atoms. The number of carbonyl (C=O) groups is 3. The lowest BCUT2D eigenvalue weighted by Crippen LogP contribution is -2.49. The maximum Gasteiger partial charge on any atom is 0.317 e. The molecular weight excluding hydrogens is 358 g/mol. The number of nitrogens with one attached hydrogen (secondary N) is 1. The number of rotatable bonds is 5. The molecule has 7 nitrogen and oxygen atoms in total. The first kappa shape index (κ1) is 20.2. The van der Waals surface area contributed by atoms with Crippen molar-refractivity contribution in [2.45, 2.75) is 32.1 Å². The highest BCUT2D eigenvalue weighted by Gasteiger charge is 2.28. The maximum absolute atomic E-state index is 12.4. The van der Waals surface area contributed by atoms with Crippen LogP contribution < -0.4 is 5.32 Å². The lowest BCUT2D eigenvalue weighted by molar-refractivity contribution is -0.143. The van der Waals surface area contributed by atoms with Gasteiger partial charge in [0.2, 0.25) is 5.91 Å². The number of piperidine rings is 2. The smallest absolute Gasteiger partial charge is 0.317 e. The van der Waals surface area contributed by atoms with Gasteiger partial charge in [0.15, 0.2) is 0 Å². The van der Waals surface area contributed by atoms with Gasteiger partial charge in [0.25, 0.3) is 0 Å². The van der Waals surface area contributed by atoms with Crippen LogP contribution in [0, 0.1) is 11.8 Å². The van der Waals surface area contributed by atoms with Gasteiger partial charge < -0.3 is 20.2 Å². The predicted octanol–water partition coefficient (Wildman–Crippen LogP) is 1.97. The highest BCUT2D eigenvalue weighted by atomic mass is 16.4. The first-order valence-corrected chi connectivity index (χ1v) is 10.1. The van der Waals surface area contributed by atoms with Crippen molar-refractivity contribution in [2.24, 2.45) is 11.8 Å². The van der Waals surface area contributed by atoms with Crippen LogP contribution in [0.25, 0.3) is 0 Å². The van der Waals surface area contributed by atoms with Crippen LogP contribution in [0.2, 0.25) is 0 Å². The van der Waals surface area contributed by atoms with E-state index in [1.165, 1.54) is 5.56 Å². The van der Waals surface area contributed by atoms with E-state index in [0.29, 0.717) is 31.8 Å². The number of benzene rings is 1. The molecule has 152 valence electrons. The minimum atomic E-state index is -0.800. The fourth-order valence-corrected chi connectivity index (χ4v) is 4.04. The summed E-state index contributed by atoms with van der Waals surface area (Å²) in [5.41, 5.74) is 1.34. The fourth-order valence-electron chi connectivity index (χ4n) is 4.04. The Balaban J connectivity index is 1.35. The third kappa shape index (κ3) is 5.47. The van der Waals surface area contributed by atoms with Crippen molar-refractivity contribution >= 4 is 17.9 Å². The molecule has 2 N–H and O–H groups in total. The van der Waals surface area contributed by atoms with Crippen molar-refractivity contribution in [2.75, 3.05) is 32.7 Å². The Morgan fingerprint density at radius 3 is 2.14 bits per heavy atom. The van der Waals surface area contributed by atoms with Crippen LogP contribution in [0.4, 0.5) is 4.79 Å². The van der Waals surface area contributed by atoms with Crippen LogP contribution in [0.15, 0.2) is 30.3 Å². The fraction of sp³-hybridized carbons (Fsp3) is 0.571. The number of carboxylic acid groups (broad SMARTS) is 1. The van der Waals surface area contributed by atoms with Crippen LogP contribution in [0.3, 0.4) is 0 Å². The van der Waals surface area contributed by atoms with E-state index < -0.39 is 5.97 Å². The molecule has 2 heterocycles. The van der Waals surface area contributed by atoms with Crippen LogP contribution in [-0.4, -0.2) is 65.5 Å². The molecule has 7 heteroatoms. The Morgan fingerprint density at radius 1 is 0.929 bits per heavy atom. The number of hydrogen-bond donors (Lipinski definition) is 2. The van der Waals surface area contributed by atoms with Gasteiger partial charge in [-0.1, -0.05) is 30.3 Å². The van der Waals surface area contributed by atoms with E-state index in [1.54, 1.807) is 4.90 Å². The maximum atomic E-state index is 12.4. The molecule has 2 aliphatic rings. The minimum Gasteiger partial charge on any atom is -0.481 e. The summed E-state index contributed by atoms with van der Waals surface area (Å²) in [7, 11) is 0. The predicted molar refractivity (Wildman–Crippen MR) is 105 cm³/mol. The van der Waals surface area contributed by atoms with Crippen LogP contribution >= 0.6 is 0 Å². The second-order valence-electron chi connectivity index (χ2n) is 7.77. The van der Waals surface area contributed by atoms with Crippen LogP contribution in [0.5, 0.6) is 0 Å². The number of hydrogen-bond acceptors (Lipinski definition) is 3. The molecule has 0 saturated carbocycles. The monoisotopic (exact) mass is 387 g/mol. The van der Waals surface area contributed by atoms with Crippen LogP contribution in [-0.2, 0) is 16.0 Å². The standard InChI is InChI=1S/C21H29N3O4/c25-19(15-22-21(28)24-12-8-18(9-13-24)20(26)27)23-10-6-17(7-11-23)14-16-4-2-1-3-5-16/h1-5,17-18H,6-15H2,(H,22,28)(H,26,27). The quantitative estimate of drug-likeness (QED) is 0.808. The summed E-state index contributed by atoms with van der Waals surface area (Å²) in [6.07, 6.45) is 3.94. The normalized spacial score (nSPS) is 18.7. The molecule has 1 aromatic rings. The Labute approximate surface area is 165 Å². The summed E-state index contributed by atoms with van der Waals surface area (Å²) in [6, 6.07) is 10.1. The topological polar surface area (TPSA) is 90.0 Å². The molecule has 2 fully saturated rings. The first-order chi connectivity index (χ1) is 13.5. The first-order valence-electron chi connectivity index (χ1n) is 10.1. The number of amides is 3. The van der Waals surface area contributed by atoms with Crippen molar-refractivity contribution < 1.29 is 19.5 Å². The second kappa shape index (κ2) is 9.57. The average molecular weight is 387 g/mol. The molecule has 0 aliphatic carbocycles. The summed E-state index contributed by atoms with van der Waals surface area (Å²) in [5, 5.41) is 11.7. The van der Waals surface area contributed by atoms with Gasteiger partial charge in [0.1, 0.15) is 0 Å². The molecule has 0 spiro atoms. The zero-order valence-electron chi connectivity index (χ0n) is 16.2. The minimum absolute atomic E-state index is 0.00104. The van der Waals surface area contributed by atoms with Crippen molar-refractivity contribution in [1.29, 1.82) is 0 Å². The van der Waals surface area contributed by atoms with Gasteiger partial charge in [0, 0.05) is 26.2 Å². The van der Waals surface area contributed by atoms with E-state index in [2.05, 4.69) is 29.6 Å². The molecule has 3 rings (SSSR count). The molecular formula is C21H29N3O4. The highest BCUT2D eigenvalue weighted by molar-refractivity contribution is 5.84. The number of likely N-dealkylation sites (tertiary alicyclic amines) is 2. The van der Waals surface area contributed by atoms with Gasteiger partial charge in [-0.3, -0.25) is 9.59 Å².